The second-order valence-electron chi connectivity index (χ2n) is 4.11. The highest BCUT2D eigenvalue weighted by atomic mass is 16.5. The molecule has 1 aromatic carbocycles. The Hall–Kier alpha value is -1.32. The average molecular weight is 235 g/mol. The van der Waals surface area contributed by atoms with Gasteiger partial charge in [-0.15, -0.1) is 0 Å². The van der Waals surface area contributed by atoms with Crippen molar-refractivity contribution in [2.45, 2.75) is 19.9 Å². The summed E-state index contributed by atoms with van der Waals surface area (Å²) in [6, 6.07) is 7.97. The van der Waals surface area contributed by atoms with Crippen LogP contribution in [0, 0.1) is 0 Å². The molecule has 0 fully saturated rings. The number of hydrogen-bond acceptors (Lipinski definition) is 3. The predicted octanol–water partition coefficient (Wildman–Crippen LogP) is 2.11. The Labute approximate surface area is 103 Å². The number of aliphatic hydroxyl groups is 1. The zero-order valence-electron chi connectivity index (χ0n) is 10.4. The summed E-state index contributed by atoms with van der Waals surface area (Å²) in [7, 11) is 0. The number of ether oxygens (including phenoxy) is 1. The van der Waals surface area contributed by atoms with Gasteiger partial charge in [0.05, 0.1) is 0 Å². The van der Waals surface area contributed by atoms with Crippen LogP contribution in [0.5, 0.6) is 5.75 Å². The highest BCUT2D eigenvalue weighted by molar-refractivity contribution is 5.33. The summed E-state index contributed by atoms with van der Waals surface area (Å²) >= 11 is 0. The van der Waals surface area contributed by atoms with Crippen molar-refractivity contribution in [2.24, 2.45) is 0 Å². The lowest BCUT2D eigenvalue weighted by atomic mass is 10.2. The fourth-order valence-corrected chi connectivity index (χ4v) is 1.42. The molecule has 0 bridgehead atoms. The fraction of sp³-hybridized carbons (Fsp3) is 0.429. The van der Waals surface area contributed by atoms with Gasteiger partial charge in [-0.1, -0.05) is 24.8 Å². The van der Waals surface area contributed by atoms with Crippen molar-refractivity contribution in [2.75, 3.05) is 19.8 Å². The third kappa shape index (κ3) is 5.52. The van der Waals surface area contributed by atoms with Crippen molar-refractivity contribution in [1.82, 2.24) is 5.32 Å². The Morgan fingerprint density at radius 2 is 2.18 bits per heavy atom. The van der Waals surface area contributed by atoms with E-state index >= 15 is 0 Å². The Balaban J connectivity index is 2.48. The number of benzene rings is 1. The molecular weight excluding hydrogens is 214 g/mol. The van der Waals surface area contributed by atoms with Crippen molar-refractivity contribution >= 4 is 0 Å². The molecule has 0 spiro atoms. The second-order valence-corrected chi connectivity index (χ2v) is 4.11. The minimum atomic E-state index is 0.223. The molecule has 3 nitrogen and oxygen atoms in total. The molecule has 0 aliphatic rings. The highest BCUT2D eigenvalue weighted by Gasteiger charge is 2.02. The first kappa shape index (κ1) is 13.7. The van der Waals surface area contributed by atoms with Crippen LogP contribution in [-0.4, -0.2) is 24.9 Å². The van der Waals surface area contributed by atoms with E-state index in [0.29, 0.717) is 6.61 Å². The summed E-state index contributed by atoms with van der Waals surface area (Å²) in [6.07, 6.45) is 0.773. The molecule has 0 saturated heterocycles. The van der Waals surface area contributed by atoms with Crippen LogP contribution in [0.15, 0.2) is 36.4 Å². The summed E-state index contributed by atoms with van der Waals surface area (Å²) in [4.78, 5) is 0. The van der Waals surface area contributed by atoms with E-state index in [-0.39, 0.29) is 6.61 Å². The number of nitrogens with one attached hydrogen (secondary N) is 1. The Morgan fingerprint density at radius 3 is 2.88 bits per heavy atom. The molecule has 0 atom stereocenters. The van der Waals surface area contributed by atoms with Gasteiger partial charge in [-0.25, -0.2) is 0 Å². The minimum absolute atomic E-state index is 0.223. The van der Waals surface area contributed by atoms with Gasteiger partial charge in [0.2, 0.25) is 0 Å². The monoisotopic (exact) mass is 235 g/mol. The standard InChI is InChI=1S/C14H21NO2/c1-12(2)11-17-14-7-4-3-6-13(14)10-15-8-5-9-16/h3-4,6-7,15-16H,1,5,8-11H2,2H3. The minimum Gasteiger partial charge on any atom is -0.489 e. The fourth-order valence-electron chi connectivity index (χ4n) is 1.42. The molecule has 2 N–H and O–H groups in total. The van der Waals surface area contributed by atoms with Gasteiger partial charge >= 0.3 is 0 Å². The third-order valence-electron chi connectivity index (χ3n) is 2.27. The van der Waals surface area contributed by atoms with Crippen molar-refractivity contribution in [3.63, 3.8) is 0 Å². The molecule has 1 rings (SSSR count). The molecule has 3 heteroatoms. The maximum atomic E-state index is 8.69. The molecule has 0 radical (unpaired) electrons. The first-order valence-electron chi connectivity index (χ1n) is 5.90. The van der Waals surface area contributed by atoms with Gasteiger partial charge in [0, 0.05) is 18.7 Å². The van der Waals surface area contributed by atoms with Crippen LogP contribution in [0.2, 0.25) is 0 Å². The van der Waals surface area contributed by atoms with Crippen molar-refractivity contribution < 1.29 is 9.84 Å². The van der Waals surface area contributed by atoms with Crippen LogP contribution in [-0.2, 0) is 6.54 Å². The normalized spacial score (nSPS) is 10.2. The Kier molecular flexibility index (Phi) is 6.37. The highest BCUT2D eigenvalue weighted by Crippen LogP contribution is 2.18. The van der Waals surface area contributed by atoms with E-state index in [2.05, 4.69) is 11.9 Å². The van der Waals surface area contributed by atoms with E-state index in [9.17, 15) is 0 Å². The molecule has 0 aromatic heterocycles. The quantitative estimate of drug-likeness (QED) is 0.535. The van der Waals surface area contributed by atoms with Crippen molar-refractivity contribution in [3.05, 3.63) is 42.0 Å². The smallest absolute Gasteiger partial charge is 0.124 e. The zero-order valence-corrected chi connectivity index (χ0v) is 10.4. The molecule has 0 heterocycles. The van der Waals surface area contributed by atoms with Crippen LogP contribution in [0.3, 0.4) is 0 Å². The molecule has 1 aromatic rings. The Morgan fingerprint density at radius 1 is 1.41 bits per heavy atom. The summed E-state index contributed by atoms with van der Waals surface area (Å²) < 4.78 is 5.67. The lowest BCUT2D eigenvalue weighted by Gasteiger charge is -2.11. The molecule has 94 valence electrons. The number of para-hydroxylation sites is 1. The van der Waals surface area contributed by atoms with Crippen molar-refractivity contribution in [1.29, 1.82) is 0 Å². The molecule has 0 unspecified atom stereocenters. The molecule has 0 amide bonds. The van der Waals surface area contributed by atoms with E-state index in [1.807, 2.05) is 31.2 Å². The lowest BCUT2D eigenvalue weighted by Crippen LogP contribution is -2.16. The molecule has 17 heavy (non-hydrogen) atoms. The van der Waals surface area contributed by atoms with Gasteiger partial charge in [-0.3, -0.25) is 0 Å². The van der Waals surface area contributed by atoms with E-state index in [4.69, 9.17) is 9.84 Å². The van der Waals surface area contributed by atoms with E-state index in [1.54, 1.807) is 0 Å². The average Bonchev–Trinajstić information content (AvgIpc) is 2.33. The molecule has 0 saturated carbocycles. The Bertz CT molecular complexity index is 350. The maximum absolute atomic E-state index is 8.69. The van der Waals surface area contributed by atoms with Crippen LogP contribution < -0.4 is 10.1 Å². The van der Waals surface area contributed by atoms with Gasteiger partial charge in [0.25, 0.3) is 0 Å². The SMILES string of the molecule is C=C(C)COc1ccccc1CNCCCO. The van der Waals surface area contributed by atoms with Crippen LogP contribution in [0.4, 0.5) is 0 Å². The van der Waals surface area contributed by atoms with Crippen molar-refractivity contribution in [3.8, 4) is 5.75 Å². The van der Waals surface area contributed by atoms with Crippen LogP contribution in [0.25, 0.3) is 0 Å². The van der Waals surface area contributed by atoms with Gasteiger partial charge in [-0.2, -0.15) is 0 Å². The zero-order chi connectivity index (χ0) is 12.5. The van der Waals surface area contributed by atoms with E-state index < -0.39 is 0 Å². The van der Waals surface area contributed by atoms with E-state index in [0.717, 1.165) is 36.4 Å². The largest absolute Gasteiger partial charge is 0.489 e. The van der Waals surface area contributed by atoms with Crippen LogP contribution >= 0.6 is 0 Å². The number of rotatable bonds is 8. The number of hydrogen-bond donors (Lipinski definition) is 2. The first-order valence-corrected chi connectivity index (χ1v) is 5.90. The number of aliphatic hydroxyl groups excluding tert-OH is 1. The topological polar surface area (TPSA) is 41.5 Å². The summed E-state index contributed by atoms with van der Waals surface area (Å²) in [5, 5.41) is 12.0. The van der Waals surface area contributed by atoms with Crippen LogP contribution in [0.1, 0.15) is 18.9 Å². The summed E-state index contributed by atoms with van der Waals surface area (Å²) in [5.74, 6) is 0.895. The lowest BCUT2D eigenvalue weighted by molar-refractivity contribution is 0.285. The predicted molar refractivity (Wildman–Crippen MR) is 70.2 cm³/mol. The third-order valence-corrected chi connectivity index (χ3v) is 2.27. The molecule has 0 aliphatic carbocycles. The summed E-state index contributed by atoms with van der Waals surface area (Å²) in [5.41, 5.74) is 2.14. The van der Waals surface area contributed by atoms with Gasteiger partial charge < -0.3 is 15.2 Å². The summed E-state index contributed by atoms with van der Waals surface area (Å²) in [6.45, 7) is 8.10. The molecular formula is C14H21NO2. The first-order chi connectivity index (χ1) is 8.24. The maximum Gasteiger partial charge on any atom is 0.124 e. The van der Waals surface area contributed by atoms with Gasteiger partial charge in [0.1, 0.15) is 12.4 Å². The van der Waals surface area contributed by atoms with Gasteiger partial charge in [0.15, 0.2) is 0 Å². The van der Waals surface area contributed by atoms with Gasteiger partial charge in [-0.05, 0) is 31.5 Å². The second kappa shape index (κ2) is 7.87. The molecule has 0 aliphatic heterocycles. The van der Waals surface area contributed by atoms with E-state index in [1.165, 1.54) is 0 Å².